The third-order valence-corrected chi connectivity index (χ3v) is 3.92. The zero-order chi connectivity index (χ0) is 10.8. The van der Waals surface area contributed by atoms with Gasteiger partial charge in [0.05, 0.1) is 12.3 Å². The first-order valence-electron chi connectivity index (χ1n) is 6.44. The molecule has 3 rings (SSSR count). The average molecular weight is 220 g/mol. The maximum Gasteiger partial charge on any atom is 0.120 e. The number of piperidine rings is 1. The van der Waals surface area contributed by atoms with Gasteiger partial charge in [0, 0.05) is 6.04 Å². The first-order valence-corrected chi connectivity index (χ1v) is 6.44. The van der Waals surface area contributed by atoms with Crippen LogP contribution < -0.4 is 5.32 Å². The van der Waals surface area contributed by atoms with Gasteiger partial charge in [-0.1, -0.05) is 0 Å². The summed E-state index contributed by atoms with van der Waals surface area (Å²) in [5, 5.41) is 3.55. The van der Waals surface area contributed by atoms with Crippen LogP contribution in [0.5, 0.6) is 0 Å². The first-order chi connectivity index (χ1) is 7.93. The van der Waals surface area contributed by atoms with E-state index in [4.69, 9.17) is 4.42 Å². The summed E-state index contributed by atoms with van der Waals surface area (Å²) < 4.78 is 5.50. The van der Waals surface area contributed by atoms with Crippen molar-refractivity contribution in [1.82, 2.24) is 10.2 Å². The van der Waals surface area contributed by atoms with E-state index in [0.717, 1.165) is 18.3 Å². The summed E-state index contributed by atoms with van der Waals surface area (Å²) in [7, 11) is 0. The molecule has 88 valence electrons. The van der Waals surface area contributed by atoms with Gasteiger partial charge in [-0.05, 0) is 57.5 Å². The highest BCUT2D eigenvalue weighted by molar-refractivity contribution is 5.06. The van der Waals surface area contributed by atoms with Gasteiger partial charge in [-0.15, -0.1) is 0 Å². The Morgan fingerprint density at radius 2 is 2.19 bits per heavy atom. The van der Waals surface area contributed by atoms with E-state index in [0.29, 0.717) is 6.04 Å². The van der Waals surface area contributed by atoms with Crippen LogP contribution in [0.3, 0.4) is 0 Å². The number of nitrogens with zero attached hydrogens (tertiary/aromatic N) is 1. The molecule has 0 saturated carbocycles. The van der Waals surface area contributed by atoms with Gasteiger partial charge in [-0.3, -0.25) is 0 Å². The number of furan rings is 1. The fraction of sp³-hybridized carbons (Fsp3) is 0.692. The lowest BCUT2D eigenvalue weighted by atomic mass is 9.96. The molecule has 16 heavy (non-hydrogen) atoms. The average Bonchev–Trinajstić information content (AvgIpc) is 3.03. The summed E-state index contributed by atoms with van der Waals surface area (Å²) in [6.07, 6.45) is 7.03. The molecule has 3 heteroatoms. The standard InChI is InChI=1S/C13H20N2O/c1-2-8-15(7-1)11-5-6-14-12(10-11)13-4-3-9-16-13/h3-4,9,11-12,14H,1-2,5-8,10H2. The zero-order valence-corrected chi connectivity index (χ0v) is 9.69. The van der Waals surface area contributed by atoms with E-state index in [9.17, 15) is 0 Å². The van der Waals surface area contributed by atoms with Crippen LogP contribution in [-0.2, 0) is 0 Å². The molecule has 2 unspecified atom stereocenters. The number of likely N-dealkylation sites (tertiary alicyclic amines) is 1. The Labute approximate surface area is 96.8 Å². The highest BCUT2D eigenvalue weighted by Gasteiger charge is 2.29. The van der Waals surface area contributed by atoms with Crippen molar-refractivity contribution in [2.24, 2.45) is 0 Å². The largest absolute Gasteiger partial charge is 0.468 e. The summed E-state index contributed by atoms with van der Waals surface area (Å²) in [6, 6.07) is 5.26. The molecule has 0 aliphatic carbocycles. The van der Waals surface area contributed by atoms with Crippen molar-refractivity contribution in [2.45, 2.75) is 37.8 Å². The SMILES string of the molecule is c1coc(C2CC(N3CCCC3)CCN2)c1. The van der Waals surface area contributed by atoms with Crippen LogP contribution in [-0.4, -0.2) is 30.6 Å². The fourth-order valence-electron chi connectivity index (χ4n) is 3.04. The third-order valence-electron chi connectivity index (χ3n) is 3.92. The summed E-state index contributed by atoms with van der Waals surface area (Å²) in [6.45, 7) is 3.72. The summed E-state index contributed by atoms with van der Waals surface area (Å²) in [5.74, 6) is 1.10. The second-order valence-corrected chi connectivity index (χ2v) is 4.94. The van der Waals surface area contributed by atoms with Crippen molar-refractivity contribution in [3.05, 3.63) is 24.2 Å². The molecule has 2 saturated heterocycles. The van der Waals surface area contributed by atoms with Gasteiger partial charge in [0.2, 0.25) is 0 Å². The van der Waals surface area contributed by atoms with Gasteiger partial charge in [0.15, 0.2) is 0 Å². The van der Waals surface area contributed by atoms with Crippen molar-refractivity contribution < 1.29 is 4.42 Å². The minimum Gasteiger partial charge on any atom is -0.468 e. The molecule has 0 amide bonds. The van der Waals surface area contributed by atoms with Gasteiger partial charge >= 0.3 is 0 Å². The van der Waals surface area contributed by atoms with E-state index in [1.54, 1.807) is 6.26 Å². The van der Waals surface area contributed by atoms with E-state index in [-0.39, 0.29) is 0 Å². The topological polar surface area (TPSA) is 28.4 Å². The van der Waals surface area contributed by atoms with Crippen LogP contribution in [0.25, 0.3) is 0 Å². The molecule has 2 aliphatic heterocycles. The summed E-state index contributed by atoms with van der Waals surface area (Å²) in [5.41, 5.74) is 0. The molecule has 1 aromatic heterocycles. The minimum absolute atomic E-state index is 0.425. The number of hydrogen-bond acceptors (Lipinski definition) is 3. The van der Waals surface area contributed by atoms with Crippen molar-refractivity contribution in [3.63, 3.8) is 0 Å². The van der Waals surface area contributed by atoms with E-state index in [1.165, 1.54) is 38.8 Å². The smallest absolute Gasteiger partial charge is 0.120 e. The van der Waals surface area contributed by atoms with E-state index in [2.05, 4.69) is 16.3 Å². The number of hydrogen-bond donors (Lipinski definition) is 1. The number of rotatable bonds is 2. The molecule has 3 heterocycles. The van der Waals surface area contributed by atoms with Crippen LogP contribution in [0, 0.1) is 0 Å². The Bertz CT molecular complexity index is 317. The molecule has 0 radical (unpaired) electrons. The first kappa shape index (κ1) is 10.4. The lowest BCUT2D eigenvalue weighted by Gasteiger charge is -2.35. The molecule has 1 aromatic rings. The van der Waals surface area contributed by atoms with Crippen LogP contribution in [0.15, 0.2) is 22.8 Å². The molecule has 0 aromatic carbocycles. The Morgan fingerprint density at radius 1 is 1.31 bits per heavy atom. The zero-order valence-electron chi connectivity index (χ0n) is 9.69. The maximum absolute atomic E-state index is 5.50. The van der Waals surface area contributed by atoms with Gasteiger partial charge < -0.3 is 14.6 Å². The lowest BCUT2D eigenvalue weighted by molar-refractivity contribution is 0.167. The molecule has 2 aliphatic rings. The molecule has 2 atom stereocenters. The van der Waals surface area contributed by atoms with Crippen LogP contribution in [0.2, 0.25) is 0 Å². The van der Waals surface area contributed by atoms with E-state index < -0.39 is 0 Å². The van der Waals surface area contributed by atoms with E-state index >= 15 is 0 Å². The van der Waals surface area contributed by atoms with Crippen molar-refractivity contribution in [1.29, 1.82) is 0 Å². The molecule has 2 fully saturated rings. The minimum atomic E-state index is 0.425. The van der Waals surface area contributed by atoms with Crippen molar-refractivity contribution >= 4 is 0 Å². The molecular weight excluding hydrogens is 200 g/mol. The molecule has 0 bridgehead atoms. The molecule has 0 spiro atoms. The van der Waals surface area contributed by atoms with Gasteiger partial charge in [0.25, 0.3) is 0 Å². The molecule has 3 nitrogen and oxygen atoms in total. The fourth-order valence-corrected chi connectivity index (χ4v) is 3.04. The predicted molar refractivity (Wildman–Crippen MR) is 63.3 cm³/mol. The Balaban J connectivity index is 1.65. The Hall–Kier alpha value is -0.800. The predicted octanol–water partition coefficient (Wildman–Crippen LogP) is 2.17. The van der Waals surface area contributed by atoms with Gasteiger partial charge in [-0.25, -0.2) is 0 Å². The van der Waals surface area contributed by atoms with Gasteiger partial charge in [-0.2, -0.15) is 0 Å². The number of nitrogens with one attached hydrogen (secondary N) is 1. The monoisotopic (exact) mass is 220 g/mol. The summed E-state index contributed by atoms with van der Waals surface area (Å²) >= 11 is 0. The highest BCUT2D eigenvalue weighted by Crippen LogP contribution is 2.28. The van der Waals surface area contributed by atoms with Crippen LogP contribution in [0.1, 0.15) is 37.5 Å². The normalized spacial score (nSPS) is 32.0. The van der Waals surface area contributed by atoms with Crippen LogP contribution >= 0.6 is 0 Å². The molecular formula is C13H20N2O. The van der Waals surface area contributed by atoms with E-state index in [1.807, 2.05) is 6.07 Å². The van der Waals surface area contributed by atoms with Crippen molar-refractivity contribution in [2.75, 3.05) is 19.6 Å². The summed E-state index contributed by atoms with van der Waals surface area (Å²) in [4.78, 5) is 2.66. The maximum atomic E-state index is 5.50. The second-order valence-electron chi connectivity index (χ2n) is 4.94. The molecule has 1 N–H and O–H groups in total. The second kappa shape index (κ2) is 4.60. The van der Waals surface area contributed by atoms with Crippen LogP contribution in [0.4, 0.5) is 0 Å². The Kier molecular flexibility index (Phi) is 2.98. The highest BCUT2D eigenvalue weighted by atomic mass is 16.3. The third kappa shape index (κ3) is 2.02. The van der Waals surface area contributed by atoms with Gasteiger partial charge in [0.1, 0.15) is 5.76 Å². The Morgan fingerprint density at radius 3 is 2.94 bits per heavy atom. The lowest BCUT2D eigenvalue weighted by Crippen LogP contribution is -2.43. The quantitative estimate of drug-likeness (QED) is 0.828. The van der Waals surface area contributed by atoms with Crippen molar-refractivity contribution in [3.8, 4) is 0 Å².